The van der Waals surface area contributed by atoms with E-state index in [4.69, 9.17) is 5.11 Å². The van der Waals surface area contributed by atoms with Crippen molar-refractivity contribution in [1.82, 2.24) is 4.72 Å². The third kappa shape index (κ3) is 2.96. The monoisotopic (exact) mass is 269 g/mol. The first-order chi connectivity index (χ1) is 7.79. The maximum atomic E-state index is 13.2. The van der Waals surface area contributed by atoms with Crippen molar-refractivity contribution in [3.05, 3.63) is 29.6 Å². The summed E-state index contributed by atoms with van der Waals surface area (Å²) in [5, 5.41) is 8.66. The molecule has 8 heteroatoms. The number of hydrogen-bond donors (Lipinski definition) is 2. The van der Waals surface area contributed by atoms with Crippen molar-refractivity contribution in [3.63, 3.8) is 0 Å². The molecule has 0 bridgehead atoms. The standard InChI is InChI=1S/C9H10F3NO3S/c1-5(4-14)13-17(15,16)7-3-2-6(10)8(11)9(7)12/h2-3,5,13-14H,4H2,1H3. The highest BCUT2D eigenvalue weighted by atomic mass is 32.2. The van der Waals surface area contributed by atoms with E-state index in [-0.39, 0.29) is 0 Å². The van der Waals surface area contributed by atoms with Gasteiger partial charge in [0.1, 0.15) is 4.90 Å². The van der Waals surface area contributed by atoms with Crippen molar-refractivity contribution in [2.45, 2.75) is 17.9 Å². The number of hydrogen-bond acceptors (Lipinski definition) is 3. The summed E-state index contributed by atoms with van der Waals surface area (Å²) in [6.07, 6.45) is 0. The Morgan fingerprint density at radius 3 is 2.41 bits per heavy atom. The maximum absolute atomic E-state index is 13.2. The third-order valence-electron chi connectivity index (χ3n) is 1.92. The zero-order valence-electron chi connectivity index (χ0n) is 8.75. The summed E-state index contributed by atoms with van der Waals surface area (Å²) in [5.74, 6) is -5.12. The molecule has 0 aliphatic rings. The first kappa shape index (κ1) is 13.9. The number of sulfonamides is 1. The molecule has 1 aromatic carbocycles. The van der Waals surface area contributed by atoms with Crippen molar-refractivity contribution in [2.24, 2.45) is 0 Å². The molecule has 0 aliphatic heterocycles. The zero-order valence-corrected chi connectivity index (χ0v) is 9.56. The van der Waals surface area contributed by atoms with Gasteiger partial charge in [0, 0.05) is 6.04 Å². The second-order valence-corrected chi connectivity index (χ2v) is 5.06. The Hall–Kier alpha value is -1.12. The zero-order chi connectivity index (χ0) is 13.2. The molecule has 0 heterocycles. The summed E-state index contributed by atoms with van der Waals surface area (Å²) in [5.41, 5.74) is 0. The molecule has 1 rings (SSSR count). The fourth-order valence-electron chi connectivity index (χ4n) is 1.08. The molecule has 0 saturated heterocycles. The van der Waals surface area contributed by atoms with E-state index in [0.717, 1.165) is 0 Å². The average molecular weight is 269 g/mol. The van der Waals surface area contributed by atoms with Gasteiger partial charge in [0.05, 0.1) is 6.61 Å². The average Bonchev–Trinajstić information content (AvgIpc) is 2.24. The van der Waals surface area contributed by atoms with Gasteiger partial charge in [-0.2, -0.15) is 0 Å². The number of aliphatic hydroxyl groups is 1. The number of rotatable bonds is 4. The van der Waals surface area contributed by atoms with Crippen LogP contribution < -0.4 is 4.72 Å². The molecule has 0 radical (unpaired) electrons. The SMILES string of the molecule is CC(CO)NS(=O)(=O)c1ccc(F)c(F)c1F. The van der Waals surface area contributed by atoms with Crippen LogP contribution in [0.5, 0.6) is 0 Å². The minimum Gasteiger partial charge on any atom is -0.395 e. The summed E-state index contributed by atoms with van der Waals surface area (Å²) in [7, 11) is -4.33. The van der Waals surface area contributed by atoms with Gasteiger partial charge in [-0.1, -0.05) is 0 Å². The van der Waals surface area contributed by atoms with E-state index in [1.165, 1.54) is 6.92 Å². The van der Waals surface area contributed by atoms with Crippen LogP contribution in [0.25, 0.3) is 0 Å². The fourth-order valence-corrected chi connectivity index (χ4v) is 2.39. The van der Waals surface area contributed by atoms with E-state index in [9.17, 15) is 21.6 Å². The molecule has 0 spiro atoms. The van der Waals surface area contributed by atoms with E-state index in [2.05, 4.69) is 0 Å². The summed E-state index contributed by atoms with van der Waals surface area (Å²) in [6, 6.07) is 0.254. The molecule has 0 fully saturated rings. The molecular formula is C9H10F3NO3S. The number of nitrogens with one attached hydrogen (secondary N) is 1. The Morgan fingerprint density at radius 1 is 1.29 bits per heavy atom. The van der Waals surface area contributed by atoms with Crippen LogP contribution in [0.4, 0.5) is 13.2 Å². The van der Waals surface area contributed by atoms with Gasteiger partial charge in [0.25, 0.3) is 0 Å². The van der Waals surface area contributed by atoms with Gasteiger partial charge in [-0.15, -0.1) is 0 Å². The molecule has 1 atom stereocenters. The Bertz CT molecular complexity index is 518. The van der Waals surface area contributed by atoms with Crippen molar-refractivity contribution < 1.29 is 26.7 Å². The smallest absolute Gasteiger partial charge is 0.243 e. The van der Waals surface area contributed by atoms with Crippen LogP contribution in [0, 0.1) is 17.5 Å². The quantitative estimate of drug-likeness (QED) is 0.793. The molecule has 0 aliphatic carbocycles. The van der Waals surface area contributed by atoms with E-state index in [0.29, 0.717) is 12.1 Å². The molecule has 2 N–H and O–H groups in total. The lowest BCUT2D eigenvalue weighted by atomic mass is 10.3. The predicted octanol–water partition coefficient (Wildman–Crippen LogP) is 0.763. The van der Waals surface area contributed by atoms with Crippen LogP contribution in [0.3, 0.4) is 0 Å². The van der Waals surface area contributed by atoms with Crippen LogP contribution in [0.1, 0.15) is 6.92 Å². The number of benzene rings is 1. The molecule has 0 aromatic heterocycles. The summed E-state index contributed by atoms with van der Waals surface area (Å²) < 4.78 is 63.6. The van der Waals surface area contributed by atoms with Crippen LogP contribution in [-0.4, -0.2) is 26.2 Å². The lowest BCUT2D eigenvalue weighted by Gasteiger charge is -2.12. The van der Waals surface area contributed by atoms with Crippen LogP contribution in [-0.2, 0) is 10.0 Å². The predicted molar refractivity (Wildman–Crippen MR) is 53.2 cm³/mol. The van der Waals surface area contributed by atoms with E-state index >= 15 is 0 Å². The normalized spacial score (nSPS) is 13.7. The van der Waals surface area contributed by atoms with Crippen LogP contribution in [0.15, 0.2) is 17.0 Å². The second kappa shape index (κ2) is 5.03. The summed E-state index contributed by atoms with van der Waals surface area (Å²) in [6.45, 7) is 0.819. The van der Waals surface area contributed by atoms with Gasteiger partial charge < -0.3 is 5.11 Å². The highest BCUT2D eigenvalue weighted by Crippen LogP contribution is 2.19. The van der Waals surface area contributed by atoms with Gasteiger partial charge in [0.2, 0.25) is 10.0 Å². The first-order valence-electron chi connectivity index (χ1n) is 4.56. The van der Waals surface area contributed by atoms with Gasteiger partial charge in [-0.3, -0.25) is 0 Å². The lowest BCUT2D eigenvalue weighted by molar-refractivity contribution is 0.265. The van der Waals surface area contributed by atoms with Crippen LogP contribution >= 0.6 is 0 Å². The van der Waals surface area contributed by atoms with Gasteiger partial charge in [0.15, 0.2) is 17.5 Å². The molecule has 96 valence electrons. The molecule has 1 aromatic rings. The highest BCUT2D eigenvalue weighted by Gasteiger charge is 2.25. The highest BCUT2D eigenvalue weighted by molar-refractivity contribution is 7.89. The van der Waals surface area contributed by atoms with E-state index in [1.54, 1.807) is 0 Å². The molecule has 0 saturated carbocycles. The number of aliphatic hydroxyl groups excluding tert-OH is 1. The van der Waals surface area contributed by atoms with Gasteiger partial charge >= 0.3 is 0 Å². The van der Waals surface area contributed by atoms with Crippen molar-refractivity contribution in [2.75, 3.05) is 6.61 Å². The minimum absolute atomic E-state index is 0.509. The number of halogens is 3. The second-order valence-electron chi connectivity index (χ2n) is 3.38. The Kier molecular flexibility index (Phi) is 4.12. The van der Waals surface area contributed by atoms with E-state index in [1.807, 2.05) is 4.72 Å². The molecule has 17 heavy (non-hydrogen) atoms. The maximum Gasteiger partial charge on any atom is 0.243 e. The topological polar surface area (TPSA) is 66.4 Å². The Morgan fingerprint density at radius 2 is 1.88 bits per heavy atom. The largest absolute Gasteiger partial charge is 0.395 e. The molecular weight excluding hydrogens is 259 g/mol. The minimum atomic E-state index is -4.33. The Labute approximate surface area is 96.1 Å². The van der Waals surface area contributed by atoms with E-state index < -0.39 is 45.0 Å². The fraction of sp³-hybridized carbons (Fsp3) is 0.333. The summed E-state index contributed by atoms with van der Waals surface area (Å²) in [4.78, 5) is -1.00. The van der Waals surface area contributed by atoms with Crippen molar-refractivity contribution >= 4 is 10.0 Å². The molecule has 1 unspecified atom stereocenters. The van der Waals surface area contributed by atoms with Crippen molar-refractivity contribution in [1.29, 1.82) is 0 Å². The van der Waals surface area contributed by atoms with Crippen molar-refractivity contribution in [3.8, 4) is 0 Å². The molecule has 0 amide bonds. The Balaban J connectivity index is 3.21. The van der Waals surface area contributed by atoms with Gasteiger partial charge in [-0.25, -0.2) is 26.3 Å². The first-order valence-corrected chi connectivity index (χ1v) is 6.04. The van der Waals surface area contributed by atoms with Gasteiger partial charge in [-0.05, 0) is 19.1 Å². The van der Waals surface area contributed by atoms with Crippen LogP contribution in [0.2, 0.25) is 0 Å². The third-order valence-corrected chi connectivity index (χ3v) is 3.53. The molecule has 4 nitrogen and oxygen atoms in total. The summed E-state index contributed by atoms with van der Waals surface area (Å²) >= 11 is 0. The lowest BCUT2D eigenvalue weighted by Crippen LogP contribution is -2.35.